The van der Waals surface area contributed by atoms with Crippen molar-refractivity contribution in [3.63, 3.8) is 0 Å². The Kier molecular flexibility index (Phi) is 4.23. The number of nitrogens with zero attached hydrogens (tertiary/aromatic N) is 2. The zero-order valence-electron chi connectivity index (χ0n) is 9.81. The van der Waals surface area contributed by atoms with Crippen LogP contribution in [0, 0.1) is 5.82 Å². The van der Waals surface area contributed by atoms with Gasteiger partial charge in [-0.3, -0.25) is 0 Å². The van der Waals surface area contributed by atoms with Gasteiger partial charge < -0.3 is 12.9 Å². The van der Waals surface area contributed by atoms with Crippen molar-refractivity contribution in [2.75, 3.05) is 11.5 Å². The van der Waals surface area contributed by atoms with Crippen LogP contribution in [0.5, 0.6) is 0 Å². The van der Waals surface area contributed by atoms with E-state index in [-0.39, 0.29) is 48.4 Å². The molecule has 0 aliphatic rings. The Balaban J connectivity index is 0.00000128. The third-order valence-electron chi connectivity index (χ3n) is 1.94. The summed E-state index contributed by atoms with van der Waals surface area (Å²) in [5.41, 5.74) is 11.5. The fourth-order valence-electron chi connectivity index (χ4n) is 1.27. The molecule has 4 N–H and O–H groups in total. The van der Waals surface area contributed by atoms with Gasteiger partial charge in [-0.15, -0.1) is 0 Å². The van der Waals surface area contributed by atoms with Gasteiger partial charge in [-0.25, -0.2) is 9.37 Å². The predicted molar refractivity (Wildman–Crippen MR) is 57.4 cm³/mol. The smallest absolute Gasteiger partial charge is 1.00 e. The molecule has 0 amide bonds. The molecule has 0 unspecified atom stereocenters. The summed E-state index contributed by atoms with van der Waals surface area (Å²) >= 11 is 0. The van der Waals surface area contributed by atoms with Gasteiger partial charge in [0.05, 0.1) is 0 Å². The van der Waals surface area contributed by atoms with Crippen LogP contribution < -0.4 is 41.0 Å². The van der Waals surface area contributed by atoms with Crippen molar-refractivity contribution in [3.05, 3.63) is 36.1 Å². The molecule has 16 heavy (non-hydrogen) atoms. The fourth-order valence-corrected chi connectivity index (χ4v) is 1.27. The second kappa shape index (κ2) is 5.25. The van der Waals surface area contributed by atoms with Crippen molar-refractivity contribution in [2.24, 2.45) is 0 Å². The standard InChI is InChI=1S/C10H9FN4.Na.H/c11-7-8(6-4-2-1-3-5-6)14-10(13)15-9(7)12;;/h1-5H,(H4,12,13,14,15);;/q;+1;-1. The van der Waals surface area contributed by atoms with Crippen molar-refractivity contribution in [1.82, 2.24) is 9.97 Å². The molecule has 0 saturated carbocycles. The summed E-state index contributed by atoms with van der Waals surface area (Å²) in [6, 6.07) is 8.84. The van der Waals surface area contributed by atoms with Gasteiger partial charge in [-0.1, -0.05) is 30.3 Å². The van der Waals surface area contributed by atoms with Crippen LogP contribution in [0.4, 0.5) is 16.2 Å². The molecular formula is C10H10FN4Na. The quantitative estimate of drug-likeness (QED) is 0.586. The first-order valence-electron chi connectivity index (χ1n) is 4.32. The number of anilines is 2. The first-order chi connectivity index (χ1) is 7.18. The zero-order chi connectivity index (χ0) is 10.8. The normalized spacial score (nSPS) is 9.56. The van der Waals surface area contributed by atoms with Crippen LogP contribution in [-0.2, 0) is 0 Å². The van der Waals surface area contributed by atoms with E-state index in [4.69, 9.17) is 11.5 Å². The molecule has 0 atom stereocenters. The summed E-state index contributed by atoms with van der Waals surface area (Å²) in [5, 5.41) is 0. The van der Waals surface area contributed by atoms with Gasteiger partial charge in [-0.2, -0.15) is 4.98 Å². The Morgan fingerprint density at radius 3 is 2.31 bits per heavy atom. The monoisotopic (exact) mass is 228 g/mol. The number of hydrogen-bond donors (Lipinski definition) is 2. The molecule has 2 aromatic rings. The second-order valence-electron chi connectivity index (χ2n) is 3.00. The van der Waals surface area contributed by atoms with Crippen LogP contribution in [0.25, 0.3) is 11.3 Å². The maximum Gasteiger partial charge on any atom is 1.00 e. The molecule has 1 heterocycles. The summed E-state index contributed by atoms with van der Waals surface area (Å²) in [5.74, 6) is -0.912. The Morgan fingerprint density at radius 2 is 1.69 bits per heavy atom. The summed E-state index contributed by atoms with van der Waals surface area (Å²) in [4.78, 5) is 7.34. The second-order valence-corrected chi connectivity index (χ2v) is 3.00. The molecule has 1 aromatic carbocycles. The van der Waals surface area contributed by atoms with Crippen LogP contribution >= 0.6 is 0 Å². The van der Waals surface area contributed by atoms with Gasteiger partial charge in [0.15, 0.2) is 11.6 Å². The number of rotatable bonds is 1. The largest absolute Gasteiger partial charge is 1.00 e. The first-order valence-corrected chi connectivity index (χ1v) is 4.32. The zero-order valence-corrected chi connectivity index (χ0v) is 10.8. The van der Waals surface area contributed by atoms with Crippen molar-refractivity contribution >= 4 is 11.8 Å². The van der Waals surface area contributed by atoms with Crippen LogP contribution in [0.2, 0.25) is 0 Å². The van der Waals surface area contributed by atoms with Crippen LogP contribution in [0.3, 0.4) is 0 Å². The number of halogens is 1. The van der Waals surface area contributed by atoms with Gasteiger partial charge in [0.2, 0.25) is 5.95 Å². The Hall–Kier alpha value is -1.17. The third kappa shape index (κ3) is 2.49. The summed E-state index contributed by atoms with van der Waals surface area (Å²) in [6.45, 7) is 0. The molecule has 0 radical (unpaired) electrons. The van der Waals surface area contributed by atoms with E-state index in [0.29, 0.717) is 5.56 Å². The minimum atomic E-state index is -0.643. The van der Waals surface area contributed by atoms with Gasteiger partial charge in [0, 0.05) is 5.56 Å². The Labute approximate surface area is 116 Å². The number of aromatic nitrogens is 2. The van der Waals surface area contributed by atoms with Gasteiger partial charge in [-0.05, 0) is 0 Å². The molecule has 4 nitrogen and oxygen atoms in total. The fraction of sp³-hybridized carbons (Fsp3) is 0. The maximum absolute atomic E-state index is 13.6. The minimum absolute atomic E-state index is 0. The van der Waals surface area contributed by atoms with Crippen LogP contribution in [0.15, 0.2) is 30.3 Å². The van der Waals surface area contributed by atoms with E-state index in [0.717, 1.165) is 0 Å². The van der Waals surface area contributed by atoms with E-state index >= 15 is 0 Å². The summed E-state index contributed by atoms with van der Waals surface area (Å²) < 4.78 is 13.6. The molecule has 1 aromatic heterocycles. The van der Waals surface area contributed by atoms with Gasteiger partial charge in [0.1, 0.15) is 5.69 Å². The van der Waals surface area contributed by atoms with E-state index in [2.05, 4.69) is 9.97 Å². The Bertz CT molecular complexity index is 495. The molecule has 0 aliphatic carbocycles. The molecule has 2 rings (SSSR count). The summed E-state index contributed by atoms with van der Waals surface area (Å²) in [6.07, 6.45) is 0. The average molecular weight is 228 g/mol. The van der Waals surface area contributed by atoms with Crippen LogP contribution in [-0.4, -0.2) is 9.97 Å². The van der Waals surface area contributed by atoms with Crippen LogP contribution in [0.1, 0.15) is 1.43 Å². The maximum atomic E-state index is 13.6. The van der Waals surface area contributed by atoms with Gasteiger partial charge in [0.25, 0.3) is 0 Å². The van der Waals surface area contributed by atoms with E-state index in [1.807, 2.05) is 6.07 Å². The molecule has 0 saturated heterocycles. The third-order valence-corrected chi connectivity index (χ3v) is 1.94. The number of benzene rings is 1. The van der Waals surface area contributed by atoms with E-state index < -0.39 is 5.82 Å². The van der Waals surface area contributed by atoms with E-state index in [1.54, 1.807) is 24.3 Å². The minimum Gasteiger partial charge on any atom is -1.00 e. The van der Waals surface area contributed by atoms with Crippen molar-refractivity contribution < 1.29 is 35.4 Å². The molecule has 0 bridgehead atoms. The number of hydrogen-bond acceptors (Lipinski definition) is 4. The van der Waals surface area contributed by atoms with E-state index in [9.17, 15) is 4.39 Å². The van der Waals surface area contributed by atoms with Crippen molar-refractivity contribution in [1.29, 1.82) is 0 Å². The predicted octanol–water partition coefficient (Wildman–Crippen LogP) is -1.44. The molecule has 0 fully saturated rings. The molecule has 0 spiro atoms. The summed E-state index contributed by atoms with van der Waals surface area (Å²) in [7, 11) is 0. The Morgan fingerprint density at radius 1 is 1.06 bits per heavy atom. The number of nitrogen functional groups attached to an aromatic ring is 2. The number of nitrogens with two attached hydrogens (primary N) is 2. The first kappa shape index (κ1) is 12.9. The van der Waals surface area contributed by atoms with Crippen molar-refractivity contribution in [3.8, 4) is 11.3 Å². The molecule has 6 heteroatoms. The molecule has 78 valence electrons. The average Bonchev–Trinajstić information content (AvgIpc) is 2.24. The van der Waals surface area contributed by atoms with E-state index in [1.165, 1.54) is 0 Å². The topological polar surface area (TPSA) is 77.8 Å². The van der Waals surface area contributed by atoms with Gasteiger partial charge >= 0.3 is 29.6 Å². The van der Waals surface area contributed by atoms with Crippen molar-refractivity contribution in [2.45, 2.75) is 0 Å². The molecule has 0 aliphatic heterocycles. The SMILES string of the molecule is Nc1nc(N)c(F)c(-c2ccccc2)n1.[H-].[Na+]. The molecular weight excluding hydrogens is 218 g/mol.